The molecule has 2 aliphatic rings. The molecule has 44 heavy (non-hydrogen) atoms. The van der Waals surface area contributed by atoms with Crippen LogP contribution in [0.4, 0.5) is 0 Å². The lowest BCUT2D eigenvalue weighted by atomic mass is 9.85. The number of halogens is 2. The van der Waals surface area contributed by atoms with E-state index in [2.05, 4.69) is 33.8 Å². The van der Waals surface area contributed by atoms with Gasteiger partial charge in [-0.25, -0.2) is 0 Å². The van der Waals surface area contributed by atoms with Gasteiger partial charge in [-0.2, -0.15) is 0 Å². The number of aromatic nitrogens is 1. The van der Waals surface area contributed by atoms with Crippen molar-refractivity contribution >= 4 is 45.8 Å². The van der Waals surface area contributed by atoms with Crippen molar-refractivity contribution in [1.29, 1.82) is 0 Å². The molecule has 3 aromatic carbocycles. The molecule has 1 amide bonds. The molecule has 6 nitrogen and oxygen atoms in total. The SMILES string of the molecule is COc1cccc2c(C(=O)NCc3cccc(C)c3)cn(CCCN3[C@@H]4CC[C@H]3C[C@@H](CC(=O)c3ccc(Cl)c(Cl)c3)C4)c12. The van der Waals surface area contributed by atoms with Gasteiger partial charge in [-0.3, -0.25) is 14.5 Å². The van der Waals surface area contributed by atoms with Crippen LogP contribution in [0.25, 0.3) is 10.9 Å². The second kappa shape index (κ2) is 13.4. The van der Waals surface area contributed by atoms with Crippen LogP contribution < -0.4 is 10.1 Å². The maximum Gasteiger partial charge on any atom is 0.253 e. The maximum atomic E-state index is 13.4. The molecule has 0 saturated carbocycles. The number of fused-ring (bicyclic) bond motifs is 3. The summed E-state index contributed by atoms with van der Waals surface area (Å²) in [5.74, 6) is 1.23. The third-order valence-corrected chi connectivity index (χ3v) is 10.1. The van der Waals surface area contributed by atoms with E-state index in [0.717, 1.165) is 54.6 Å². The number of methoxy groups -OCH3 is 1. The van der Waals surface area contributed by atoms with Gasteiger partial charge in [0, 0.05) is 55.3 Å². The van der Waals surface area contributed by atoms with Crippen LogP contribution in [0.2, 0.25) is 10.0 Å². The summed E-state index contributed by atoms with van der Waals surface area (Å²) in [6.45, 7) is 4.32. The van der Waals surface area contributed by atoms with Gasteiger partial charge < -0.3 is 14.6 Å². The topological polar surface area (TPSA) is 63.6 Å². The highest BCUT2D eigenvalue weighted by Gasteiger charge is 2.40. The number of nitrogens with one attached hydrogen (secondary N) is 1. The van der Waals surface area contributed by atoms with Gasteiger partial charge in [-0.15, -0.1) is 0 Å². The smallest absolute Gasteiger partial charge is 0.253 e. The Labute approximate surface area is 269 Å². The largest absolute Gasteiger partial charge is 0.495 e. The summed E-state index contributed by atoms with van der Waals surface area (Å²) >= 11 is 12.2. The molecular weight excluding hydrogens is 593 g/mol. The van der Waals surface area contributed by atoms with E-state index in [9.17, 15) is 9.59 Å². The van der Waals surface area contributed by atoms with Crippen molar-refractivity contribution in [3.8, 4) is 5.75 Å². The Hall–Kier alpha value is -3.32. The third kappa shape index (κ3) is 6.53. The van der Waals surface area contributed by atoms with Gasteiger partial charge in [-0.05, 0) is 74.8 Å². The number of carbonyl (C=O) groups excluding carboxylic acids is 2. The number of benzene rings is 3. The fourth-order valence-electron chi connectivity index (χ4n) is 7.34. The molecule has 2 fully saturated rings. The zero-order valence-electron chi connectivity index (χ0n) is 25.3. The summed E-state index contributed by atoms with van der Waals surface area (Å²) in [7, 11) is 1.68. The van der Waals surface area contributed by atoms with Crippen LogP contribution in [0.3, 0.4) is 0 Å². The van der Waals surface area contributed by atoms with Crippen LogP contribution in [-0.4, -0.2) is 46.9 Å². The van der Waals surface area contributed by atoms with Crippen molar-refractivity contribution in [2.24, 2.45) is 5.92 Å². The zero-order chi connectivity index (χ0) is 30.8. The number of hydrogen-bond donors (Lipinski definition) is 1. The van der Waals surface area contributed by atoms with E-state index in [1.54, 1.807) is 25.3 Å². The van der Waals surface area contributed by atoms with Crippen molar-refractivity contribution < 1.29 is 14.3 Å². The molecule has 1 N–H and O–H groups in total. The molecule has 0 spiro atoms. The van der Waals surface area contributed by atoms with Gasteiger partial charge in [-0.1, -0.05) is 65.2 Å². The number of piperidine rings is 1. The summed E-state index contributed by atoms with van der Waals surface area (Å²) in [4.78, 5) is 29.0. The molecule has 2 bridgehead atoms. The van der Waals surface area contributed by atoms with Gasteiger partial charge in [0.15, 0.2) is 5.78 Å². The highest BCUT2D eigenvalue weighted by Crippen LogP contribution is 2.40. The van der Waals surface area contributed by atoms with Gasteiger partial charge in [0.2, 0.25) is 0 Å². The summed E-state index contributed by atoms with van der Waals surface area (Å²) < 4.78 is 7.91. The Bertz CT molecular complexity index is 1670. The number of para-hydroxylation sites is 1. The van der Waals surface area contributed by atoms with Gasteiger partial charge in [0.25, 0.3) is 5.91 Å². The average Bonchev–Trinajstić information content (AvgIpc) is 3.50. The first-order valence-corrected chi connectivity index (χ1v) is 16.3. The van der Waals surface area contributed by atoms with Crippen LogP contribution in [-0.2, 0) is 13.1 Å². The Morgan fingerprint density at radius 3 is 2.45 bits per heavy atom. The van der Waals surface area contributed by atoms with E-state index in [1.807, 2.05) is 36.5 Å². The van der Waals surface area contributed by atoms with Gasteiger partial charge in [0.1, 0.15) is 5.75 Å². The number of Topliss-reactive ketones (excluding diaryl/α,β-unsaturated/α-hetero) is 1. The average molecular weight is 633 g/mol. The molecule has 1 aromatic heterocycles. The number of aryl methyl sites for hydroxylation is 2. The van der Waals surface area contributed by atoms with E-state index in [-0.39, 0.29) is 11.7 Å². The number of rotatable bonds is 11. The van der Waals surface area contributed by atoms with Crippen molar-refractivity contribution in [2.75, 3.05) is 13.7 Å². The van der Waals surface area contributed by atoms with Crippen LogP contribution >= 0.6 is 23.2 Å². The normalized spacial score (nSPS) is 19.8. The first-order chi connectivity index (χ1) is 21.3. The Kier molecular flexibility index (Phi) is 9.31. The molecule has 4 aromatic rings. The summed E-state index contributed by atoms with van der Waals surface area (Å²) in [6, 6.07) is 20.3. The Morgan fingerprint density at radius 1 is 0.955 bits per heavy atom. The lowest BCUT2D eigenvalue weighted by Crippen LogP contribution is -2.43. The standard InChI is InChI=1S/C36H39Cl2N3O3/c1-23-6-3-7-24(16-23)21-39-36(43)30-22-40(35-29(30)8-4-9-34(35)44-2)14-5-15-41-27-11-12-28(41)18-25(17-27)19-33(42)26-10-13-31(37)32(38)20-26/h3-4,6-10,13,16,20,22,25,27-28H,5,11-12,14-15,17-19,21H2,1-2H3,(H,39,43)/t25-,27+,28-. The summed E-state index contributed by atoms with van der Waals surface area (Å²) in [5, 5.41) is 4.91. The number of ketones is 1. The molecule has 3 heterocycles. The number of carbonyl (C=O) groups is 2. The minimum Gasteiger partial charge on any atom is -0.495 e. The fourth-order valence-corrected chi connectivity index (χ4v) is 7.64. The second-order valence-corrected chi connectivity index (χ2v) is 13.1. The van der Waals surface area contributed by atoms with Crippen LogP contribution in [0.1, 0.15) is 70.4 Å². The first-order valence-electron chi connectivity index (χ1n) is 15.5. The number of ether oxygens (including phenoxy) is 1. The monoisotopic (exact) mass is 631 g/mol. The number of amides is 1. The second-order valence-electron chi connectivity index (χ2n) is 12.3. The molecule has 2 saturated heterocycles. The van der Waals surface area contributed by atoms with Gasteiger partial charge in [0.05, 0.1) is 28.2 Å². The molecule has 2 aliphatic heterocycles. The zero-order valence-corrected chi connectivity index (χ0v) is 26.8. The number of hydrogen-bond acceptors (Lipinski definition) is 4. The van der Waals surface area contributed by atoms with Crippen molar-refractivity contribution in [3.63, 3.8) is 0 Å². The summed E-state index contributed by atoms with van der Waals surface area (Å²) in [6.07, 6.45) is 7.98. The minimum absolute atomic E-state index is 0.0842. The van der Waals surface area contributed by atoms with E-state index >= 15 is 0 Å². The lowest BCUT2D eigenvalue weighted by Gasteiger charge is -2.39. The molecule has 3 atom stereocenters. The van der Waals surface area contributed by atoms with E-state index < -0.39 is 0 Å². The number of nitrogens with zero attached hydrogens (tertiary/aromatic N) is 2. The molecular formula is C36H39Cl2N3O3. The molecule has 8 heteroatoms. The van der Waals surface area contributed by atoms with Crippen molar-refractivity contribution in [1.82, 2.24) is 14.8 Å². The summed E-state index contributed by atoms with van der Waals surface area (Å²) in [5.41, 5.74) is 4.52. The molecule has 0 unspecified atom stereocenters. The predicted octanol–water partition coefficient (Wildman–Crippen LogP) is 8.10. The third-order valence-electron chi connectivity index (χ3n) is 9.37. The fraction of sp³-hybridized carbons (Fsp3) is 0.389. The highest BCUT2D eigenvalue weighted by molar-refractivity contribution is 6.42. The van der Waals surface area contributed by atoms with Crippen LogP contribution in [0.15, 0.2) is 66.9 Å². The van der Waals surface area contributed by atoms with Crippen LogP contribution in [0, 0.1) is 12.8 Å². The maximum absolute atomic E-state index is 13.4. The quantitative estimate of drug-likeness (QED) is 0.170. The van der Waals surface area contributed by atoms with Crippen LogP contribution in [0.5, 0.6) is 5.75 Å². The first kappa shape index (κ1) is 30.7. The highest BCUT2D eigenvalue weighted by atomic mass is 35.5. The molecule has 0 aliphatic carbocycles. The predicted molar refractivity (Wildman–Crippen MR) is 177 cm³/mol. The molecule has 0 radical (unpaired) electrons. The van der Waals surface area contributed by atoms with E-state index in [1.165, 1.54) is 18.4 Å². The van der Waals surface area contributed by atoms with Gasteiger partial charge >= 0.3 is 0 Å². The lowest BCUT2D eigenvalue weighted by molar-refractivity contribution is 0.0807. The van der Waals surface area contributed by atoms with Crippen molar-refractivity contribution in [3.05, 3.63) is 99.2 Å². The van der Waals surface area contributed by atoms with E-state index in [4.69, 9.17) is 27.9 Å². The molecule has 6 rings (SSSR count). The van der Waals surface area contributed by atoms with Crippen molar-refractivity contribution in [2.45, 2.75) is 70.6 Å². The Morgan fingerprint density at radius 2 is 1.73 bits per heavy atom. The Balaban J connectivity index is 1.09. The molecule has 230 valence electrons. The van der Waals surface area contributed by atoms with E-state index in [0.29, 0.717) is 52.1 Å². The minimum atomic E-state index is -0.0842.